The standard InChI is InChI=1S/C13H18FNO2/c1-13(2,3)8-15-11-7-9(12(16)17-4)5-6-10(11)14/h5-7,15H,8H2,1-4H3. The van der Waals surface area contributed by atoms with Crippen molar-refractivity contribution in [2.24, 2.45) is 5.41 Å². The molecule has 0 aliphatic rings. The molecule has 0 atom stereocenters. The molecule has 0 unspecified atom stereocenters. The number of ether oxygens (including phenoxy) is 1. The number of hydrogen-bond donors (Lipinski definition) is 1. The molecule has 3 nitrogen and oxygen atoms in total. The van der Waals surface area contributed by atoms with Gasteiger partial charge in [0, 0.05) is 6.54 Å². The summed E-state index contributed by atoms with van der Waals surface area (Å²) in [5, 5.41) is 2.99. The first-order valence-electron chi connectivity index (χ1n) is 5.45. The molecule has 1 aromatic rings. The van der Waals surface area contributed by atoms with E-state index in [1.165, 1.54) is 25.3 Å². The van der Waals surface area contributed by atoms with E-state index < -0.39 is 5.97 Å². The predicted molar refractivity (Wildman–Crippen MR) is 65.7 cm³/mol. The molecule has 0 saturated heterocycles. The fourth-order valence-electron chi connectivity index (χ4n) is 1.27. The van der Waals surface area contributed by atoms with E-state index in [-0.39, 0.29) is 11.2 Å². The van der Waals surface area contributed by atoms with Gasteiger partial charge in [-0.25, -0.2) is 9.18 Å². The Morgan fingerprint density at radius 1 is 1.41 bits per heavy atom. The number of esters is 1. The normalized spacial score (nSPS) is 11.1. The molecule has 0 aliphatic heterocycles. The van der Waals surface area contributed by atoms with E-state index in [9.17, 15) is 9.18 Å². The minimum absolute atomic E-state index is 0.0354. The molecule has 1 rings (SSSR count). The highest BCUT2D eigenvalue weighted by molar-refractivity contribution is 5.90. The second kappa shape index (κ2) is 5.17. The molecule has 0 heterocycles. The van der Waals surface area contributed by atoms with Gasteiger partial charge < -0.3 is 10.1 Å². The Morgan fingerprint density at radius 3 is 2.59 bits per heavy atom. The lowest BCUT2D eigenvalue weighted by Gasteiger charge is -2.20. The van der Waals surface area contributed by atoms with E-state index in [0.29, 0.717) is 17.8 Å². The third kappa shape index (κ3) is 4.06. The molecule has 4 heteroatoms. The second-order valence-corrected chi connectivity index (χ2v) is 5.10. The zero-order valence-corrected chi connectivity index (χ0v) is 10.6. The van der Waals surface area contributed by atoms with E-state index in [2.05, 4.69) is 10.1 Å². The van der Waals surface area contributed by atoms with Gasteiger partial charge in [-0.15, -0.1) is 0 Å². The summed E-state index contributed by atoms with van der Waals surface area (Å²) in [6.45, 7) is 6.75. The van der Waals surface area contributed by atoms with Crippen molar-refractivity contribution in [2.75, 3.05) is 19.0 Å². The molecule has 0 radical (unpaired) electrons. The van der Waals surface area contributed by atoms with Crippen LogP contribution in [0.2, 0.25) is 0 Å². The van der Waals surface area contributed by atoms with Crippen LogP contribution in [0.4, 0.5) is 10.1 Å². The summed E-state index contributed by atoms with van der Waals surface area (Å²) in [6.07, 6.45) is 0. The lowest BCUT2D eigenvalue weighted by molar-refractivity contribution is 0.0601. The maximum Gasteiger partial charge on any atom is 0.337 e. The number of benzene rings is 1. The summed E-state index contributed by atoms with van der Waals surface area (Å²) in [4.78, 5) is 11.3. The summed E-state index contributed by atoms with van der Waals surface area (Å²) in [5.41, 5.74) is 0.696. The number of rotatable bonds is 3. The molecule has 1 aromatic carbocycles. The zero-order valence-electron chi connectivity index (χ0n) is 10.6. The third-order valence-corrected chi connectivity index (χ3v) is 2.20. The molecule has 0 spiro atoms. The number of carbonyl (C=O) groups is 1. The molecule has 94 valence electrons. The Balaban J connectivity index is 2.87. The van der Waals surface area contributed by atoms with E-state index in [1.807, 2.05) is 20.8 Å². The van der Waals surface area contributed by atoms with Gasteiger partial charge in [-0.3, -0.25) is 0 Å². The Labute approximate surface area is 101 Å². The van der Waals surface area contributed by atoms with Crippen LogP contribution >= 0.6 is 0 Å². The van der Waals surface area contributed by atoms with Gasteiger partial charge in [-0.05, 0) is 23.6 Å². The fourth-order valence-corrected chi connectivity index (χ4v) is 1.27. The molecule has 1 N–H and O–H groups in total. The molecule has 0 fully saturated rings. The SMILES string of the molecule is COC(=O)c1ccc(F)c(NCC(C)(C)C)c1. The van der Waals surface area contributed by atoms with Crippen molar-refractivity contribution in [2.45, 2.75) is 20.8 Å². The van der Waals surface area contributed by atoms with Crippen LogP contribution in [0.1, 0.15) is 31.1 Å². The van der Waals surface area contributed by atoms with Crippen molar-refractivity contribution >= 4 is 11.7 Å². The quantitative estimate of drug-likeness (QED) is 0.824. The Kier molecular flexibility index (Phi) is 4.10. The van der Waals surface area contributed by atoms with Crippen LogP contribution in [0.5, 0.6) is 0 Å². The van der Waals surface area contributed by atoms with Gasteiger partial charge in [0.25, 0.3) is 0 Å². The minimum Gasteiger partial charge on any atom is -0.465 e. The van der Waals surface area contributed by atoms with Gasteiger partial charge in [0.2, 0.25) is 0 Å². The van der Waals surface area contributed by atoms with E-state index in [1.54, 1.807) is 0 Å². The highest BCUT2D eigenvalue weighted by atomic mass is 19.1. The lowest BCUT2D eigenvalue weighted by Crippen LogP contribution is -2.19. The molecule has 17 heavy (non-hydrogen) atoms. The van der Waals surface area contributed by atoms with Gasteiger partial charge in [0.1, 0.15) is 5.82 Å². The number of carbonyl (C=O) groups excluding carboxylic acids is 1. The monoisotopic (exact) mass is 239 g/mol. The van der Waals surface area contributed by atoms with Crippen molar-refractivity contribution in [1.29, 1.82) is 0 Å². The Bertz CT molecular complexity index is 410. The largest absolute Gasteiger partial charge is 0.465 e. The van der Waals surface area contributed by atoms with Crippen LogP contribution in [-0.2, 0) is 4.74 Å². The minimum atomic E-state index is -0.469. The first-order valence-corrected chi connectivity index (χ1v) is 5.45. The number of nitrogens with one attached hydrogen (secondary N) is 1. The predicted octanol–water partition coefficient (Wildman–Crippen LogP) is 3.07. The molecule has 0 saturated carbocycles. The molecule has 0 aromatic heterocycles. The maximum absolute atomic E-state index is 13.5. The van der Waals surface area contributed by atoms with Gasteiger partial charge in [-0.2, -0.15) is 0 Å². The smallest absolute Gasteiger partial charge is 0.337 e. The first kappa shape index (κ1) is 13.5. The van der Waals surface area contributed by atoms with E-state index in [4.69, 9.17) is 0 Å². The molecular weight excluding hydrogens is 221 g/mol. The highest BCUT2D eigenvalue weighted by Gasteiger charge is 2.13. The first-order chi connectivity index (χ1) is 7.83. The highest BCUT2D eigenvalue weighted by Crippen LogP contribution is 2.20. The Hall–Kier alpha value is -1.58. The van der Waals surface area contributed by atoms with Crippen LogP contribution in [-0.4, -0.2) is 19.6 Å². The number of hydrogen-bond acceptors (Lipinski definition) is 3. The number of anilines is 1. The fraction of sp³-hybridized carbons (Fsp3) is 0.462. The molecular formula is C13H18FNO2. The number of halogens is 1. The zero-order chi connectivity index (χ0) is 13.1. The summed E-state index contributed by atoms with van der Waals surface area (Å²) in [5.74, 6) is -0.842. The molecule has 0 aliphatic carbocycles. The summed E-state index contributed by atoms with van der Waals surface area (Å²) in [6, 6.07) is 4.13. The average molecular weight is 239 g/mol. The van der Waals surface area contributed by atoms with Crippen molar-refractivity contribution < 1.29 is 13.9 Å². The van der Waals surface area contributed by atoms with Crippen LogP contribution in [0.3, 0.4) is 0 Å². The number of methoxy groups -OCH3 is 1. The van der Waals surface area contributed by atoms with Crippen LogP contribution < -0.4 is 5.32 Å². The van der Waals surface area contributed by atoms with Gasteiger partial charge in [0.15, 0.2) is 0 Å². The van der Waals surface area contributed by atoms with Gasteiger partial charge >= 0.3 is 5.97 Å². The summed E-state index contributed by atoms with van der Waals surface area (Å²) < 4.78 is 18.1. The third-order valence-electron chi connectivity index (χ3n) is 2.20. The maximum atomic E-state index is 13.5. The van der Waals surface area contributed by atoms with Crippen LogP contribution in [0.25, 0.3) is 0 Å². The van der Waals surface area contributed by atoms with Gasteiger partial charge in [0.05, 0.1) is 18.4 Å². The van der Waals surface area contributed by atoms with Crippen molar-refractivity contribution in [3.63, 3.8) is 0 Å². The van der Waals surface area contributed by atoms with Crippen molar-refractivity contribution in [3.05, 3.63) is 29.6 Å². The van der Waals surface area contributed by atoms with E-state index in [0.717, 1.165) is 0 Å². The van der Waals surface area contributed by atoms with Gasteiger partial charge in [-0.1, -0.05) is 20.8 Å². The van der Waals surface area contributed by atoms with Crippen molar-refractivity contribution in [3.8, 4) is 0 Å². The van der Waals surface area contributed by atoms with E-state index >= 15 is 0 Å². The summed E-state index contributed by atoms with van der Waals surface area (Å²) in [7, 11) is 1.30. The lowest BCUT2D eigenvalue weighted by atomic mass is 9.97. The molecule has 0 amide bonds. The Morgan fingerprint density at radius 2 is 2.06 bits per heavy atom. The van der Waals surface area contributed by atoms with Crippen LogP contribution in [0, 0.1) is 11.2 Å². The van der Waals surface area contributed by atoms with Crippen LogP contribution in [0.15, 0.2) is 18.2 Å². The summed E-state index contributed by atoms with van der Waals surface area (Å²) >= 11 is 0. The molecule has 0 bridgehead atoms. The van der Waals surface area contributed by atoms with Crippen molar-refractivity contribution in [1.82, 2.24) is 0 Å². The second-order valence-electron chi connectivity index (χ2n) is 5.10. The average Bonchev–Trinajstić information content (AvgIpc) is 2.26. The topological polar surface area (TPSA) is 38.3 Å².